The number of nitrogens with one attached hydrogen (secondary N) is 2. The Morgan fingerprint density at radius 2 is 2.12 bits per heavy atom. The molecule has 0 bridgehead atoms. The fourth-order valence-electron chi connectivity index (χ4n) is 2.68. The molecule has 1 saturated heterocycles. The van der Waals surface area contributed by atoms with Crippen LogP contribution in [-0.4, -0.2) is 35.2 Å². The van der Waals surface area contributed by atoms with Crippen molar-refractivity contribution in [1.82, 2.24) is 15.5 Å². The number of nitrogens with zero attached hydrogens (tertiary/aromatic N) is 1. The minimum absolute atomic E-state index is 0.242. The molecule has 2 fully saturated rings. The van der Waals surface area contributed by atoms with E-state index in [2.05, 4.69) is 15.5 Å². The molecule has 94 valence electrons. The highest BCUT2D eigenvalue weighted by Crippen LogP contribution is 2.35. The van der Waals surface area contributed by atoms with Gasteiger partial charge in [0.1, 0.15) is 0 Å². The van der Waals surface area contributed by atoms with Gasteiger partial charge in [0.25, 0.3) is 0 Å². The van der Waals surface area contributed by atoms with Crippen LogP contribution in [0, 0.1) is 0 Å². The van der Waals surface area contributed by atoms with Gasteiger partial charge in [0.2, 0.25) is 0 Å². The summed E-state index contributed by atoms with van der Waals surface area (Å²) in [6.07, 6.45) is 8.06. The molecule has 17 heavy (non-hydrogen) atoms. The third-order valence-electron chi connectivity index (χ3n) is 3.71. The topological polar surface area (TPSA) is 59.2 Å². The molecule has 1 aliphatic heterocycles. The Kier molecular flexibility index (Phi) is 3.13. The van der Waals surface area contributed by atoms with Crippen molar-refractivity contribution >= 4 is 0 Å². The van der Waals surface area contributed by atoms with Gasteiger partial charge in [-0.1, -0.05) is 0 Å². The number of aromatic nitrogens is 2. The van der Waals surface area contributed by atoms with Crippen LogP contribution in [0.2, 0.25) is 0 Å². The first-order chi connectivity index (χ1) is 8.36. The van der Waals surface area contributed by atoms with E-state index in [1.165, 1.54) is 5.56 Å². The molecular weight excluding hydrogens is 218 g/mol. The van der Waals surface area contributed by atoms with E-state index in [4.69, 9.17) is 9.47 Å². The summed E-state index contributed by atoms with van der Waals surface area (Å²) in [7, 11) is 0. The zero-order valence-corrected chi connectivity index (χ0v) is 9.95. The van der Waals surface area contributed by atoms with E-state index in [0.29, 0.717) is 6.04 Å². The monoisotopic (exact) mass is 237 g/mol. The van der Waals surface area contributed by atoms with Gasteiger partial charge in [0.05, 0.1) is 19.4 Å². The van der Waals surface area contributed by atoms with Crippen LogP contribution in [-0.2, 0) is 16.0 Å². The first kappa shape index (κ1) is 11.2. The number of ether oxygens (including phenoxy) is 2. The quantitative estimate of drug-likeness (QED) is 0.829. The van der Waals surface area contributed by atoms with E-state index < -0.39 is 0 Å². The van der Waals surface area contributed by atoms with Crippen LogP contribution in [0.3, 0.4) is 0 Å². The maximum Gasteiger partial charge on any atom is 0.168 e. The second-order valence-corrected chi connectivity index (χ2v) is 4.87. The molecule has 5 nitrogen and oxygen atoms in total. The largest absolute Gasteiger partial charge is 0.348 e. The van der Waals surface area contributed by atoms with Gasteiger partial charge in [-0.2, -0.15) is 5.10 Å². The molecule has 0 atom stereocenters. The zero-order chi connectivity index (χ0) is 11.6. The molecule has 1 aliphatic carbocycles. The molecule has 1 saturated carbocycles. The minimum Gasteiger partial charge on any atom is -0.348 e. The summed E-state index contributed by atoms with van der Waals surface area (Å²) in [5.41, 5.74) is 1.21. The fraction of sp³-hybridized carbons (Fsp3) is 0.750. The van der Waals surface area contributed by atoms with Crippen LogP contribution in [0.4, 0.5) is 0 Å². The smallest absolute Gasteiger partial charge is 0.168 e. The van der Waals surface area contributed by atoms with Crippen LogP contribution < -0.4 is 5.32 Å². The number of rotatable bonds is 3. The zero-order valence-electron chi connectivity index (χ0n) is 9.95. The molecule has 3 rings (SSSR count). The third kappa shape index (κ3) is 2.51. The van der Waals surface area contributed by atoms with Gasteiger partial charge in [-0.3, -0.25) is 5.10 Å². The lowest BCUT2D eigenvalue weighted by atomic mass is 9.90. The summed E-state index contributed by atoms with van der Waals surface area (Å²) in [5.74, 6) is -0.242. The summed E-state index contributed by atoms with van der Waals surface area (Å²) in [6, 6.07) is 0.573. The number of hydrogen-bond acceptors (Lipinski definition) is 4. The maximum absolute atomic E-state index is 5.72. The lowest BCUT2D eigenvalue weighted by Crippen LogP contribution is -2.41. The summed E-state index contributed by atoms with van der Waals surface area (Å²) in [6.45, 7) is 2.40. The summed E-state index contributed by atoms with van der Waals surface area (Å²) < 4.78 is 11.4. The highest BCUT2D eigenvalue weighted by atomic mass is 16.7. The minimum atomic E-state index is -0.242. The molecular formula is C12H19N3O2. The van der Waals surface area contributed by atoms with Gasteiger partial charge in [-0.15, -0.1) is 0 Å². The molecule has 0 amide bonds. The molecule has 0 aromatic carbocycles. The van der Waals surface area contributed by atoms with Crippen molar-refractivity contribution in [2.45, 2.75) is 44.1 Å². The van der Waals surface area contributed by atoms with Crippen LogP contribution in [0.5, 0.6) is 0 Å². The van der Waals surface area contributed by atoms with Crippen molar-refractivity contribution in [2.75, 3.05) is 13.2 Å². The van der Waals surface area contributed by atoms with Gasteiger partial charge in [-0.25, -0.2) is 0 Å². The van der Waals surface area contributed by atoms with Gasteiger partial charge < -0.3 is 14.8 Å². The number of hydrogen-bond donors (Lipinski definition) is 2. The highest BCUT2D eigenvalue weighted by Gasteiger charge is 2.40. The van der Waals surface area contributed by atoms with Crippen LogP contribution in [0.15, 0.2) is 12.4 Å². The fourth-order valence-corrected chi connectivity index (χ4v) is 2.68. The van der Waals surface area contributed by atoms with Gasteiger partial charge in [0, 0.05) is 37.2 Å². The van der Waals surface area contributed by atoms with Gasteiger partial charge in [0.15, 0.2) is 5.79 Å². The Labute approximate surface area is 101 Å². The average molecular weight is 237 g/mol. The number of H-pyrrole nitrogens is 1. The summed E-state index contributed by atoms with van der Waals surface area (Å²) >= 11 is 0. The second-order valence-electron chi connectivity index (χ2n) is 4.87. The molecule has 1 aromatic rings. The average Bonchev–Trinajstić information content (AvgIpc) is 3.01. The van der Waals surface area contributed by atoms with Crippen molar-refractivity contribution in [3.63, 3.8) is 0 Å². The Morgan fingerprint density at radius 1 is 1.35 bits per heavy atom. The normalized spacial score (nSPS) is 24.5. The van der Waals surface area contributed by atoms with Crippen molar-refractivity contribution < 1.29 is 9.47 Å². The first-order valence-corrected chi connectivity index (χ1v) is 6.35. The Morgan fingerprint density at radius 3 is 2.76 bits per heavy atom. The lowest BCUT2D eigenvalue weighted by Gasteiger charge is -2.35. The summed E-state index contributed by atoms with van der Waals surface area (Å²) in [4.78, 5) is 0. The first-order valence-electron chi connectivity index (χ1n) is 6.35. The van der Waals surface area contributed by atoms with Crippen molar-refractivity contribution in [2.24, 2.45) is 0 Å². The summed E-state index contributed by atoms with van der Waals surface area (Å²) in [5, 5.41) is 10.3. The molecule has 2 N–H and O–H groups in total. The predicted octanol–water partition coefficient (Wildman–Crippen LogP) is 1.19. The molecule has 5 heteroatoms. The predicted molar refractivity (Wildman–Crippen MR) is 62.3 cm³/mol. The van der Waals surface area contributed by atoms with E-state index >= 15 is 0 Å². The Bertz CT molecular complexity index is 337. The second kappa shape index (κ2) is 4.76. The van der Waals surface area contributed by atoms with Crippen molar-refractivity contribution in [3.8, 4) is 0 Å². The van der Waals surface area contributed by atoms with Crippen molar-refractivity contribution in [1.29, 1.82) is 0 Å². The third-order valence-corrected chi connectivity index (χ3v) is 3.71. The molecule has 2 heterocycles. The van der Waals surface area contributed by atoms with E-state index in [1.807, 2.05) is 12.4 Å². The van der Waals surface area contributed by atoms with Crippen LogP contribution in [0.25, 0.3) is 0 Å². The lowest BCUT2D eigenvalue weighted by molar-refractivity contribution is -0.179. The van der Waals surface area contributed by atoms with E-state index in [-0.39, 0.29) is 5.79 Å². The van der Waals surface area contributed by atoms with Gasteiger partial charge in [-0.05, 0) is 12.8 Å². The van der Waals surface area contributed by atoms with E-state index in [9.17, 15) is 0 Å². The SMILES string of the molecule is c1n[nH]cc1CNC1CCC2(CC1)OCCO2. The molecule has 2 aliphatic rings. The van der Waals surface area contributed by atoms with Crippen LogP contribution in [0.1, 0.15) is 31.2 Å². The number of aromatic amines is 1. The molecule has 1 spiro atoms. The highest BCUT2D eigenvalue weighted by molar-refractivity contribution is 5.02. The van der Waals surface area contributed by atoms with E-state index in [0.717, 1.165) is 45.4 Å². The maximum atomic E-state index is 5.72. The Hall–Kier alpha value is -0.910. The van der Waals surface area contributed by atoms with E-state index in [1.54, 1.807) is 0 Å². The van der Waals surface area contributed by atoms with Crippen molar-refractivity contribution in [3.05, 3.63) is 18.0 Å². The molecule has 1 aromatic heterocycles. The molecule has 0 unspecified atom stereocenters. The standard InChI is InChI=1S/C12H19N3O2/c1-3-12(16-5-6-17-12)4-2-11(1)13-7-10-8-14-15-9-10/h8-9,11,13H,1-7H2,(H,14,15). The van der Waals surface area contributed by atoms with Crippen LogP contribution >= 0.6 is 0 Å². The van der Waals surface area contributed by atoms with Gasteiger partial charge >= 0.3 is 0 Å². The molecule has 0 radical (unpaired) electrons. The Balaban J connectivity index is 1.45.